The van der Waals surface area contributed by atoms with Gasteiger partial charge in [-0.2, -0.15) is 5.10 Å². The largest absolute Gasteiger partial charge is 0.510 e. The number of H-pyrrole nitrogens is 1. The number of amides is 1. The molecule has 2 N–H and O–H groups in total. The average Bonchev–Trinajstić information content (AvgIpc) is 2.75. The number of rotatable bonds is 2. The summed E-state index contributed by atoms with van der Waals surface area (Å²) >= 11 is 0. The number of hydrogen-bond donors (Lipinski definition) is 2. The maximum absolute atomic E-state index is 11.8. The van der Waals surface area contributed by atoms with E-state index in [2.05, 4.69) is 10.2 Å². The summed E-state index contributed by atoms with van der Waals surface area (Å²) in [5, 5.41) is 16.4. The third kappa shape index (κ3) is 2.18. The summed E-state index contributed by atoms with van der Waals surface area (Å²) in [6.45, 7) is 6.46. The van der Waals surface area contributed by atoms with Gasteiger partial charge in [0.05, 0.1) is 12.2 Å². The van der Waals surface area contributed by atoms with E-state index in [0.717, 1.165) is 5.56 Å². The van der Waals surface area contributed by atoms with Gasteiger partial charge in [0.15, 0.2) is 0 Å². The van der Waals surface area contributed by atoms with E-state index in [9.17, 15) is 9.90 Å². The van der Waals surface area contributed by atoms with Crippen LogP contribution in [-0.2, 0) is 11.3 Å². The first-order chi connectivity index (χ1) is 7.89. The molecule has 0 saturated heterocycles. The van der Waals surface area contributed by atoms with Crippen LogP contribution in [0.25, 0.3) is 0 Å². The molecule has 5 nitrogen and oxygen atoms in total. The SMILES string of the molecule is CC(C)(C)[C@H]1C(O)=CC(=O)N1Cc1cn[nH]c1. The highest BCUT2D eigenvalue weighted by atomic mass is 16.3. The van der Waals surface area contributed by atoms with Crippen molar-refractivity contribution < 1.29 is 9.90 Å². The number of hydrogen-bond acceptors (Lipinski definition) is 3. The van der Waals surface area contributed by atoms with Crippen LogP contribution in [0.5, 0.6) is 0 Å². The summed E-state index contributed by atoms with van der Waals surface area (Å²) < 4.78 is 0. The van der Waals surface area contributed by atoms with Crippen LogP contribution >= 0.6 is 0 Å². The fraction of sp³-hybridized carbons (Fsp3) is 0.500. The van der Waals surface area contributed by atoms with Gasteiger partial charge in [-0.05, 0) is 5.41 Å². The van der Waals surface area contributed by atoms with E-state index >= 15 is 0 Å². The number of carbonyl (C=O) groups is 1. The summed E-state index contributed by atoms with van der Waals surface area (Å²) in [6.07, 6.45) is 4.74. The number of carbonyl (C=O) groups excluding carboxylic acids is 1. The van der Waals surface area contributed by atoms with Crippen LogP contribution in [0.2, 0.25) is 0 Å². The van der Waals surface area contributed by atoms with Crippen molar-refractivity contribution >= 4 is 5.91 Å². The molecule has 0 spiro atoms. The van der Waals surface area contributed by atoms with E-state index in [1.54, 1.807) is 17.3 Å². The van der Waals surface area contributed by atoms with Crippen molar-refractivity contribution in [2.75, 3.05) is 0 Å². The zero-order valence-corrected chi connectivity index (χ0v) is 10.3. The quantitative estimate of drug-likeness (QED) is 0.818. The molecule has 92 valence electrons. The lowest BCUT2D eigenvalue weighted by Crippen LogP contribution is -2.43. The Hall–Kier alpha value is -1.78. The normalized spacial score (nSPS) is 20.9. The minimum Gasteiger partial charge on any atom is -0.510 e. The van der Waals surface area contributed by atoms with Gasteiger partial charge in [-0.25, -0.2) is 0 Å². The van der Waals surface area contributed by atoms with Crippen LogP contribution in [0.4, 0.5) is 0 Å². The molecule has 1 aliphatic heterocycles. The molecule has 0 saturated carbocycles. The summed E-state index contributed by atoms with van der Waals surface area (Å²) in [4.78, 5) is 13.5. The molecule has 2 rings (SSSR count). The first-order valence-corrected chi connectivity index (χ1v) is 5.58. The fourth-order valence-electron chi connectivity index (χ4n) is 2.22. The second-order valence-electron chi connectivity index (χ2n) is 5.41. The van der Waals surface area contributed by atoms with Gasteiger partial charge in [0.2, 0.25) is 0 Å². The van der Waals surface area contributed by atoms with Gasteiger partial charge in [0.1, 0.15) is 5.76 Å². The van der Waals surface area contributed by atoms with E-state index in [4.69, 9.17) is 0 Å². The smallest absolute Gasteiger partial charge is 0.250 e. The van der Waals surface area contributed by atoms with Crippen LogP contribution in [0.1, 0.15) is 26.3 Å². The van der Waals surface area contributed by atoms with Crippen molar-refractivity contribution in [3.63, 3.8) is 0 Å². The molecule has 2 heterocycles. The number of aliphatic hydroxyl groups is 1. The molecular weight excluding hydrogens is 218 g/mol. The third-order valence-electron chi connectivity index (χ3n) is 2.87. The van der Waals surface area contributed by atoms with Crippen LogP contribution in [0.15, 0.2) is 24.2 Å². The van der Waals surface area contributed by atoms with Crippen molar-refractivity contribution in [3.8, 4) is 0 Å². The Bertz CT molecular complexity index is 443. The van der Waals surface area contributed by atoms with Gasteiger partial charge in [-0.3, -0.25) is 9.89 Å². The number of aromatic amines is 1. The van der Waals surface area contributed by atoms with Crippen LogP contribution < -0.4 is 0 Å². The Labute approximate surface area is 100 Å². The summed E-state index contributed by atoms with van der Waals surface area (Å²) in [7, 11) is 0. The molecule has 0 aliphatic carbocycles. The van der Waals surface area contributed by atoms with Gasteiger partial charge in [0, 0.05) is 24.4 Å². The molecule has 1 aliphatic rings. The Balaban J connectivity index is 2.23. The molecule has 1 aromatic heterocycles. The summed E-state index contributed by atoms with van der Waals surface area (Å²) in [5.41, 5.74) is 0.729. The van der Waals surface area contributed by atoms with Gasteiger partial charge >= 0.3 is 0 Å². The maximum atomic E-state index is 11.8. The maximum Gasteiger partial charge on any atom is 0.250 e. The number of nitrogens with one attached hydrogen (secondary N) is 1. The molecule has 0 bridgehead atoms. The Morgan fingerprint density at radius 2 is 2.24 bits per heavy atom. The molecule has 0 fully saturated rings. The Kier molecular flexibility index (Phi) is 2.69. The van der Waals surface area contributed by atoms with Gasteiger partial charge in [-0.1, -0.05) is 20.8 Å². The monoisotopic (exact) mass is 235 g/mol. The van der Waals surface area contributed by atoms with Gasteiger partial charge in [0.25, 0.3) is 5.91 Å². The van der Waals surface area contributed by atoms with Gasteiger partial charge < -0.3 is 10.0 Å². The highest BCUT2D eigenvalue weighted by molar-refractivity contribution is 5.91. The Morgan fingerprint density at radius 1 is 1.53 bits per heavy atom. The lowest BCUT2D eigenvalue weighted by molar-refractivity contribution is -0.128. The van der Waals surface area contributed by atoms with Crippen molar-refractivity contribution in [1.82, 2.24) is 15.1 Å². The zero-order valence-electron chi connectivity index (χ0n) is 10.3. The molecule has 0 radical (unpaired) electrons. The molecule has 0 aromatic carbocycles. The van der Waals surface area contributed by atoms with Crippen LogP contribution in [0, 0.1) is 5.41 Å². The van der Waals surface area contributed by atoms with E-state index in [1.807, 2.05) is 20.8 Å². The molecule has 1 atom stereocenters. The molecule has 17 heavy (non-hydrogen) atoms. The first-order valence-electron chi connectivity index (χ1n) is 5.58. The molecule has 0 unspecified atom stereocenters. The van der Waals surface area contributed by atoms with Crippen molar-refractivity contribution in [2.24, 2.45) is 5.41 Å². The highest BCUT2D eigenvalue weighted by Crippen LogP contribution is 2.33. The lowest BCUT2D eigenvalue weighted by Gasteiger charge is -2.35. The van der Waals surface area contributed by atoms with Crippen LogP contribution in [0.3, 0.4) is 0 Å². The predicted molar refractivity (Wildman–Crippen MR) is 63.1 cm³/mol. The summed E-state index contributed by atoms with van der Waals surface area (Å²) in [6, 6.07) is -0.273. The minimum absolute atomic E-state index is 0.144. The fourth-order valence-corrected chi connectivity index (χ4v) is 2.22. The second-order valence-corrected chi connectivity index (χ2v) is 5.41. The van der Waals surface area contributed by atoms with E-state index < -0.39 is 0 Å². The average molecular weight is 235 g/mol. The lowest BCUT2D eigenvalue weighted by atomic mass is 9.85. The van der Waals surface area contributed by atoms with Crippen molar-refractivity contribution in [2.45, 2.75) is 33.4 Å². The summed E-state index contributed by atoms with van der Waals surface area (Å²) in [5.74, 6) is -0.00498. The highest BCUT2D eigenvalue weighted by Gasteiger charge is 2.40. The number of aromatic nitrogens is 2. The second kappa shape index (κ2) is 3.91. The van der Waals surface area contributed by atoms with Crippen molar-refractivity contribution in [1.29, 1.82) is 0 Å². The van der Waals surface area contributed by atoms with Crippen molar-refractivity contribution in [3.05, 3.63) is 29.8 Å². The van der Waals surface area contributed by atoms with E-state index in [1.165, 1.54) is 6.08 Å². The predicted octanol–water partition coefficient (Wildman–Crippen LogP) is 1.61. The first kappa shape index (κ1) is 11.7. The molecule has 5 heteroatoms. The Morgan fingerprint density at radius 3 is 2.76 bits per heavy atom. The van der Waals surface area contributed by atoms with E-state index in [-0.39, 0.29) is 23.1 Å². The van der Waals surface area contributed by atoms with Crippen LogP contribution in [-0.4, -0.2) is 32.2 Å². The van der Waals surface area contributed by atoms with E-state index in [0.29, 0.717) is 6.54 Å². The molecule has 1 amide bonds. The number of nitrogens with zero attached hydrogens (tertiary/aromatic N) is 2. The number of aliphatic hydroxyl groups excluding tert-OH is 1. The minimum atomic E-state index is -0.273. The molecule has 1 aromatic rings. The standard InChI is InChI=1S/C12H17N3O2/c1-12(2,3)11-9(16)4-10(17)15(11)7-8-5-13-14-6-8/h4-6,11,16H,7H2,1-3H3,(H,13,14)/t11-/m1/s1. The topological polar surface area (TPSA) is 69.2 Å². The molecular formula is C12H17N3O2. The third-order valence-corrected chi connectivity index (χ3v) is 2.87. The zero-order chi connectivity index (χ0) is 12.6. The van der Waals surface area contributed by atoms with Gasteiger partial charge in [-0.15, -0.1) is 0 Å².